The van der Waals surface area contributed by atoms with Crippen molar-refractivity contribution in [2.45, 2.75) is 39.0 Å². The Morgan fingerprint density at radius 3 is 2.85 bits per heavy atom. The third-order valence-corrected chi connectivity index (χ3v) is 4.41. The second-order valence-electron chi connectivity index (χ2n) is 4.98. The predicted molar refractivity (Wildman–Crippen MR) is 54.4 cm³/mol. The van der Waals surface area contributed by atoms with Gasteiger partial charge in [0.1, 0.15) is 0 Å². The van der Waals surface area contributed by atoms with Crippen molar-refractivity contribution in [3.05, 3.63) is 12.2 Å². The van der Waals surface area contributed by atoms with Crippen LogP contribution in [0.2, 0.25) is 0 Å². The van der Waals surface area contributed by atoms with Gasteiger partial charge in [-0.1, -0.05) is 19.1 Å². The first-order valence-corrected chi connectivity index (χ1v) is 5.48. The molecule has 2 aliphatic carbocycles. The van der Waals surface area contributed by atoms with E-state index in [4.69, 9.17) is 5.11 Å². The highest BCUT2D eigenvalue weighted by Gasteiger charge is 2.49. The molecule has 0 unspecified atom stereocenters. The summed E-state index contributed by atoms with van der Waals surface area (Å²) in [5.41, 5.74) is 1.85. The summed E-state index contributed by atoms with van der Waals surface area (Å²) in [5.74, 6) is 1.69. The van der Waals surface area contributed by atoms with Crippen LogP contribution >= 0.6 is 0 Å². The molecular formula is C12H20O. The lowest BCUT2D eigenvalue weighted by Crippen LogP contribution is -2.26. The highest BCUT2D eigenvalue weighted by molar-refractivity contribution is 5.24. The molecule has 74 valence electrons. The first-order valence-electron chi connectivity index (χ1n) is 5.48. The summed E-state index contributed by atoms with van der Waals surface area (Å²) >= 11 is 0. The minimum absolute atomic E-state index is 0.334. The van der Waals surface area contributed by atoms with E-state index >= 15 is 0 Å². The second kappa shape index (κ2) is 3.13. The zero-order chi connectivity index (χ0) is 9.47. The third-order valence-electron chi connectivity index (χ3n) is 4.41. The smallest absolute Gasteiger partial charge is 0.0431 e. The maximum Gasteiger partial charge on any atom is 0.0431 e. The van der Waals surface area contributed by atoms with E-state index in [2.05, 4.69) is 13.5 Å². The Balaban J connectivity index is 2.09. The van der Waals surface area contributed by atoms with E-state index in [1.54, 1.807) is 0 Å². The highest BCUT2D eigenvalue weighted by atomic mass is 16.2. The summed E-state index contributed by atoms with van der Waals surface area (Å²) < 4.78 is 0. The zero-order valence-corrected chi connectivity index (χ0v) is 8.55. The quantitative estimate of drug-likeness (QED) is 0.662. The Bertz CT molecular complexity index is 221. The van der Waals surface area contributed by atoms with Gasteiger partial charge in [0.15, 0.2) is 0 Å². The van der Waals surface area contributed by atoms with Crippen molar-refractivity contribution in [2.75, 3.05) is 6.61 Å². The van der Waals surface area contributed by atoms with E-state index < -0.39 is 0 Å². The summed E-state index contributed by atoms with van der Waals surface area (Å²) in [6.07, 6.45) is 6.23. The normalized spacial score (nSPS) is 43.1. The molecule has 0 heterocycles. The molecule has 0 radical (unpaired) electrons. The van der Waals surface area contributed by atoms with Crippen LogP contribution in [0.4, 0.5) is 0 Å². The van der Waals surface area contributed by atoms with E-state index in [1.165, 1.54) is 24.8 Å². The Morgan fingerprint density at radius 2 is 2.31 bits per heavy atom. The SMILES string of the molecule is C=C1[C@H]2CC[C@H](C2)[C@]1(C)CCCO. The molecule has 0 amide bonds. The van der Waals surface area contributed by atoms with Crippen molar-refractivity contribution in [3.63, 3.8) is 0 Å². The van der Waals surface area contributed by atoms with Crippen LogP contribution in [-0.4, -0.2) is 11.7 Å². The third kappa shape index (κ3) is 1.25. The van der Waals surface area contributed by atoms with Crippen LogP contribution < -0.4 is 0 Å². The van der Waals surface area contributed by atoms with Crippen LogP contribution in [0.5, 0.6) is 0 Å². The van der Waals surface area contributed by atoms with Crippen molar-refractivity contribution in [1.29, 1.82) is 0 Å². The molecule has 2 bridgehead atoms. The van der Waals surface area contributed by atoms with E-state index in [9.17, 15) is 0 Å². The number of hydrogen-bond donors (Lipinski definition) is 1. The fourth-order valence-electron chi connectivity index (χ4n) is 3.42. The van der Waals surface area contributed by atoms with Crippen molar-refractivity contribution >= 4 is 0 Å². The van der Waals surface area contributed by atoms with Crippen molar-refractivity contribution in [3.8, 4) is 0 Å². The van der Waals surface area contributed by atoms with Crippen LogP contribution in [0.1, 0.15) is 39.0 Å². The minimum Gasteiger partial charge on any atom is -0.396 e. The molecule has 2 saturated carbocycles. The molecule has 0 aromatic heterocycles. The predicted octanol–water partition coefficient (Wildman–Crippen LogP) is 2.75. The van der Waals surface area contributed by atoms with Gasteiger partial charge in [-0.15, -0.1) is 0 Å². The highest BCUT2D eigenvalue weighted by Crippen LogP contribution is 2.60. The minimum atomic E-state index is 0.334. The summed E-state index contributed by atoms with van der Waals surface area (Å²) in [7, 11) is 0. The lowest BCUT2D eigenvalue weighted by molar-refractivity contribution is 0.201. The fraction of sp³-hybridized carbons (Fsp3) is 0.833. The Kier molecular flexibility index (Phi) is 2.23. The molecule has 0 aliphatic heterocycles. The average Bonchev–Trinajstić information content (AvgIpc) is 2.68. The first-order chi connectivity index (χ1) is 6.18. The average molecular weight is 180 g/mol. The second-order valence-corrected chi connectivity index (χ2v) is 4.98. The molecule has 2 rings (SSSR count). The number of fused-ring (bicyclic) bond motifs is 2. The monoisotopic (exact) mass is 180 g/mol. The molecule has 0 aromatic carbocycles. The lowest BCUT2D eigenvalue weighted by atomic mass is 9.69. The van der Waals surface area contributed by atoms with Crippen molar-refractivity contribution in [1.82, 2.24) is 0 Å². The summed E-state index contributed by atoms with van der Waals surface area (Å²) in [4.78, 5) is 0. The summed E-state index contributed by atoms with van der Waals surface area (Å²) in [6, 6.07) is 0. The van der Waals surface area contributed by atoms with E-state index in [0.29, 0.717) is 12.0 Å². The lowest BCUT2D eigenvalue weighted by Gasteiger charge is -2.36. The number of allylic oxidation sites excluding steroid dienone is 1. The maximum absolute atomic E-state index is 8.87. The molecule has 0 spiro atoms. The van der Waals surface area contributed by atoms with Gasteiger partial charge in [-0.3, -0.25) is 0 Å². The molecule has 13 heavy (non-hydrogen) atoms. The number of aliphatic hydroxyl groups excluding tert-OH is 1. The Hall–Kier alpha value is -0.300. The van der Waals surface area contributed by atoms with Gasteiger partial charge in [-0.2, -0.15) is 0 Å². The van der Waals surface area contributed by atoms with Gasteiger partial charge in [0, 0.05) is 6.61 Å². The van der Waals surface area contributed by atoms with Gasteiger partial charge in [0.2, 0.25) is 0 Å². The summed E-state index contributed by atoms with van der Waals surface area (Å²) in [5, 5.41) is 8.87. The molecule has 1 N–H and O–H groups in total. The molecule has 2 aliphatic rings. The van der Waals surface area contributed by atoms with E-state index in [0.717, 1.165) is 24.7 Å². The number of rotatable bonds is 3. The van der Waals surface area contributed by atoms with Crippen LogP contribution in [0, 0.1) is 17.3 Å². The molecule has 3 atom stereocenters. The summed E-state index contributed by atoms with van der Waals surface area (Å²) in [6.45, 7) is 6.95. The zero-order valence-electron chi connectivity index (χ0n) is 8.55. The van der Waals surface area contributed by atoms with Gasteiger partial charge < -0.3 is 5.11 Å². The van der Waals surface area contributed by atoms with Gasteiger partial charge in [-0.25, -0.2) is 0 Å². The molecule has 0 saturated heterocycles. The molecule has 1 nitrogen and oxygen atoms in total. The Labute approximate surface area is 80.8 Å². The van der Waals surface area contributed by atoms with Crippen LogP contribution in [-0.2, 0) is 0 Å². The molecule has 2 fully saturated rings. The molecule has 1 heteroatoms. The van der Waals surface area contributed by atoms with Gasteiger partial charge in [0.25, 0.3) is 0 Å². The number of aliphatic hydroxyl groups is 1. The standard InChI is InChI=1S/C12H20O/c1-9-10-4-5-11(8-10)12(9,2)6-3-7-13/h10-11,13H,1,3-8H2,2H3/t10-,11+,12+/m0/s1. The van der Waals surface area contributed by atoms with Crippen molar-refractivity contribution in [2.24, 2.45) is 17.3 Å². The van der Waals surface area contributed by atoms with E-state index in [-0.39, 0.29) is 0 Å². The first kappa shape index (κ1) is 9.26. The van der Waals surface area contributed by atoms with Crippen molar-refractivity contribution < 1.29 is 5.11 Å². The van der Waals surface area contributed by atoms with Crippen LogP contribution in [0.3, 0.4) is 0 Å². The Morgan fingerprint density at radius 1 is 1.54 bits per heavy atom. The van der Waals surface area contributed by atoms with Crippen LogP contribution in [0.15, 0.2) is 12.2 Å². The van der Waals surface area contributed by atoms with Gasteiger partial charge in [-0.05, 0) is 49.4 Å². The maximum atomic E-state index is 8.87. The van der Waals surface area contributed by atoms with Gasteiger partial charge in [0.05, 0.1) is 0 Å². The molecular weight excluding hydrogens is 160 g/mol. The number of hydrogen-bond acceptors (Lipinski definition) is 1. The van der Waals surface area contributed by atoms with Gasteiger partial charge >= 0.3 is 0 Å². The van der Waals surface area contributed by atoms with Crippen LogP contribution in [0.25, 0.3) is 0 Å². The largest absolute Gasteiger partial charge is 0.396 e. The fourth-order valence-corrected chi connectivity index (χ4v) is 3.42. The molecule has 0 aromatic rings. The van der Waals surface area contributed by atoms with E-state index in [1.807, 2.05) is 0 Å². The topological polar surface area (TPSA) is 20.2 Å².